The quantitative estimate of drug-likeness (QED) is 0.0374. The standard InChI is InChI=1S/C60H110O5/c1-3-5-7-9-11-13-15-17-19-21-23-25-26-27-28-29-30-31-32-33-34-35-37-39-41-43-45-47-49-51-53-55-60(63)65-58(56-61)57-64-59(62)54-52-50-48-46-44-42-40-38-36-24-22-20-18-16-14-12-10-8-6-4-2/h5,7,11,13,17,19,23,25,58,61H,3-4,6,8-10,12,14-16,18,20-22,24,26-57H2,1-2H3/b7-5-,13-11-,19-17-,25-23-. The Morgan fingerprint density at radius 1 is 0.369 bits per heavy atom. The molecule has 5 nitrogen and oxygen atoms in total. The Bertz CT molecular complexity index is 1080. The molecule has 65 heavy (non-hydrogen) atoms. The average Bonchev–Trinajstić information content (AvgIpc) is 3.31. The third-order valence-corrected chi connectivity index (χ3v) is 12.9. The molecule has 0 saturated carbocycles. The number of aliphatic hydroxyl groups is 1. The van der Waals surface area contributed by atoms with Crippen LogP contribution in [0.3, 0.4) is 0 Å². The van der Waals surface area contributed by atoms with E-state index in [-0.39, 0.29) is 25.2 Å². The van der Waals surface area contributed by atoms with Gasteiger partial charge in [-0.2, -0.15) is 0 Å². The molecule has 0 aliphatic carbocycles. The molecule has 5 heteroatoms. The van der Waals surface area contributed by atoms with Gasteiger partial charge in [-0.05, 0) is 51.4 Å². The maximum atomic E-state index is 12.3. The summed E-state index contributed by atoms with van der Waals surface area (Å²) < 4.78 is 10.7. The Kier molecular flexibility index (Phi) is 54.3. The van der Waals surface area contributed by atoms with E-state index in [1.54, 1.807) is 0 Å². The van der Waals surface area contributed by atoms with E-state index in [0.29, 0.717) is 12.8 Å². The highest BCUT2D eigenvalue weighted by molar-refractivity contribution is 5.70. The molecular formula is C60H110O5. The predicted molar refractivity (Wildman–Crippen MR) is 284 cm³/mol. The second-order valence-electron chi connectivity index (χ2n) is 19.3. The molecule has 1 N–H and O–H groups in total. The van der Waals surface area contributed by atoms with E-state index < -0.39 is 6.10 Å². The minimum atomic E-state index is -0.769. The van der Waals surface area contributed by atoms with Crippen LogP contribution in [0.1, 0.15) is 303 Å². The summed E-state index contributed by atoms with van der Waals surface area (Å²) in [5.74, 6) is -0.572. The summed E-state index contributed by atoms with van der Waals surface area (Å²) in [6.45, 7) is 4.07. The highest BCUT2D eigenvalue weighted by atomic mass is 16.6. The van der Waals surface area contributed by atoms with E-state index in [2.05, 4.69) is 62.5 Å². The zero-order valence-electron chi connectivity index (χ0n) is 43.5. The van der Waals surface area contributed by atoms with Crippen LogP contribution in [-0.4, -0.2) is 36.4 Å². The number of unbranched alkanes of at least 4 members (excludes halogenated alkanes) is 37. The van der Waals surface area contributed by atoms with Gasteiger partial charge < -0.3 is 14.6 Å². The summed E-state index contributed by atoms with van der Waals surface area (Å²) in [6.07, 6.45) is 73.8. The number of rotatable bonds is 53. The Labute approximate surface area is 405 Å². The molecule has 0 radical (unpaired) electrons. The lowest BCUT2D eigenvalue weighted by atomic mass is 10.0. The lowest BCUT2D eigenvalue weighted by molar-refractivity contribution is -0.161. The molecule has 0 spiro atoms. The van der Waals surface area contributed by atoms with Gasteiger partial charge in [-0.15, -0.1) is 0 Å². The fourth-order valence-corrected chi connectivity index (χ4v) is 8.61. The molecule has 0 aliphatic heterocycles. The Hall–Kier alpha value is -2.14. The Balaban J connectivity index is 3.43. The van der Waals surface area contributed by atoms with Crippen LogP contribution >= 0.6 is 0 Å². The number of esters is 2. The number of hydrogen-bond donors (Lipinski definition) is 1. The molecule has 0 bridgehead atoms. The van der Waals surface area contributed by atoms with Crippen LogP contribution in [0.2, 0.25) is 0 Å². The highest BCUT2D eigenvalue weighted by Crippen LogP contribution is 2.17. The summed E-state index contributed by atoms with van der Waals surface area (Å²) in [7, 11) is 0. The van der Waals surface area contributed by atoms with Gasteiger partial charge in [-0.1, -0.05) is 287 Å². The maximum Gasteiger partial charge on any atom is 0.306 e. The monoisotopic (exact) mass is 911 g/mol. The van der Waals surface area contributed by atoms with Crippen molar-refractivity contribution in [2.75, 3.05) is 13.2 Å². The predicted octanol–water partition coefficient (Wildman–Crippen LogP) is 19.3. The zero-order valence-corrected chi connectivity index (χ0v) is 43.5. The summed E-state index contributed by atoms with van der Waals surface area (Å²) in [5.41, 5.74) is 0. The molecule has 0 amide bonds. The van der Waals surface area contributed by atoms with Crippen molar-refractivity contribution in [1.29, 1.82) is 0 Å². The lowest BCUT2D eigenvalue weighted by Crippen LogP contribution is -2.28. The van der Waals surface area contributed by atoms with Crippen molar-refractivity contribution < 1.29 is 24.2 Å². The number of carbonyl (C=O) groups is 2. The van der Waals surface area contributed by atoms with Crippen molar-refractivity contribution in [2.24, 2.45) is 0 Å². The summed E-state index contributed by atoms with van der Waals surface area (Å²) >= 11 is 0. The van der Waals surface area contributed by atoms with Crippen LogP contribution in [0.4, 0.5) is 0 Å². The van der Waals surface area contributed by atoms with Gasteiger partial charge in [0.25, 0.3) is 0 Å². The fourth-order valence-electron chi connectivity index (χ4n) is 8.61. The van der Waals surface area contributed by atoms with E-state index >= 15 is 0 Å². The van der Waals surface area contributed by atoms with Crippen LogP contribution in [0, 0.1) is 0 Å². The van der Waals surface area contributed by atoms with Crippen molar-refractivity contribution >= 4 is 11.9 Å². The SMILES string of the molecule is CC/C=C\C/C=C\C/C=C\C/C=C\CCCCCCCCCCCCCCCCCCCCC(=O)OC(CO)COC(=O)CCCCCCCCCCCCCCCCCCCCCC. The van der Waals surface area contributed by atoms with E-state index in [9.17, 15) is 14.7 Å². The van der Waals surface area contributed by atoms with Crippen molar-refractivity contribution in [3.63, 3.8) is 0 Å². The topological polar surface area (TPSA) is 72.8 Å². The van der Waals surface area contributed by atoms with Gasteiger partial charge in [0.15, 0.2) is 6.10 Å². The number of hydrogen-bond acceptors (Lipinski definition) is 5. The van der Waals surface area contributed by atoms with Gasteiger partial charge in [0, 0.05) is 12.8 Å². The van der Waals surface area contributed by atoms with Crippen molar-refractivity contribution in [2.45, 2.75) is 309 Å². The first-order valence-corrected chi connectivity index (χ1v) is 28.7. The molecule has 0 aromatic carbocycles. The van der Waals surface area contributed by atoms with Crippen molar-refractivity contribution in [1.82, 2.24) is 0 Å². The smallest absolute Gasteiger partial charge is 0.306 e. The first-order chi connectivity index (χ1) is 32.1. The van der Waals surface area contributed by atoms with Crippen LogP contribution in [0.25, 0.3) is 0 Å². The van der Waals surface area contributed by atoms with Gasteiger partial charge in [-0.25, -0.2) is 0 Å². The highest BCUT2D eigenvalue weighted by Gasteiger charge is 2.16. The number of carbonyl (C=O) groups excluding carboxylic acids is 2. The average molecular weight is 912 g/mol. The molecule has 0 aromatic rings. The Morgan fingerprint density at radius 2 is 0.662 bits per heavy atom. The molecule has 0 rings (SSSR count). The van der Waals surface area contributed by atoms with Crippen LogP contribution in [-0.2, 0) is 19.1 Å². The molecule has 0 saturated heterocycles. The molecule has 0 aromatic heterocycles. The Morgan fingerprint density at radius 3 is 1.00 bits per heavy atom. The molecular weight excluding hydrogens is 801 g/mol. The van der Waals surface area contributed by atoms with Crippen molar-refractivity contribution in [3.05, 3.63) is 48.6 Å². The van der Waals surface area contributed by atoms with E-state index in [1.807, 2.05) is 0 Å². The number of aliphatic hydroxyl groups excluding tert-OH is 1. The second-order valence-corrected chi connectivity index (χ2v) is 19.3. The zero-order chi connectivity index (χ0) is 47.0. The van der Waals surface area contributed by atoms with Crippen LogP contribution < -0.4 is 0 Å². The third kappa shape index (κ3) is 54.4. The molecule has 1 atom stereocenters. The first kappa shape index (κ1) is 62.9. The van der Waals surface area contributed by atoms with E-state index in [1.165, 1.54) is 218 Å². The molecule has 1 unspecified atom stereocenters. The number of allylic oxidation sites excluding steroid dienone is 8. The molecule has 0 aliphatic rings. The normalized spacial score (nSPS) is 12.5. The van der Waals surface area contributed by atoms with Gasteiger partial charge in [0.2, 0.25) is 0 Å². The second kappa shape index (κ2) is 56.2. The van der Waals surface area contributed by atoms with Crippen LogP contribution in [0.5, 0.6) is 0 Å². The van der Waals surface area contributed by atoms with Crippen LogP contribution in [0.15, 0.2) is 48.6 Å². The lowest BCUT2D eigenvalue weighted by Gasteiger charge is -2.15. The first-order valence-electron chi connectivity index (χ1n) is 28.7. The molecule has 0 fully saturated rings. The van der Waals surface area contributed by atoms with Gasteiger partial charge >= 0.3 is 11.9 Å². The fraction of sp³-hybridized carbons (Fsp3) is 0.833. The largest absolute Gasteiger partial charge is 0.462 e. The molecule has 0 heterocycles. The van der Waals surface area contributed by atoms with Gasteiger partial charge in [-0.3, -0.25) is 9.59 Å². The third-order valence-electron chi connectivity index (χ3n) is 12.9. The van der Waals surface area contributed by atoms with Gasteiger partial charge in [0.05, 0.1) is 6.61 Å². The summed E-state index contributed by atoms with van der Waals surface area (Å²) in [4.78, 5) is 24.5. The van der Waals surface area contributed by atoms with Crippen molar-refractivity contribution in [3.8, 4) is 0 Å². The number of ether oxygens (including phenoxy) is 2. The molecule has 380 valence electrons. The van der Waals surface area contributed by atoms with E-state index in [4.69, 9.17) is 9.47 Å². The summed E-state index contributed by atoms with van der Waals surface area (Å²) in [5, 5.41) is 9.65. The minimum absolute atomic E-state index is 0.0603. The summed E-state index contributed by atoms with van der Waals surface area (Å²) in [6, 6.07) is 0. The minimum Gasteiger partial charge on any atom is -0.462 e. The van der Waals surface area contributed by atoms with E-state index in [0.717, 1.165) is 57.8 Å². The maximum absolute atomic E-state index is 12.3. The van der Waals surface area contributed by atoms with Gasteiger partial charge in [0.1, 0.15) is 6.61 Å².